The Morgan fingerprint density at radius 1 is 0.455 bits per heavy atom. The van der Waals surface area contributed by atoms with Crippen molar-refractivity contribution in [2.45, 2.75) is 110 Å². The maximum atomic E-state index is 2.30. The van der Waals surface area contributed by atoms with Crippen molar-refractivity contribution in [3.8, 4) is 0 Å². The lowest BCUT2D eigenvalue weighted by Crippen LogP contribution is -2.12. The van der Waals surface area contributed by atoms with Crippen molar-refractivity contribution in [3.05, 3.63) is 0 Å². The predicted molar refractivity (Wildman–Crippen MR) is 114 cm³/mol. The third-order valence-electron chi connectivity index (χ3n) is 4.46. The number of unbranched alkanes of at least 4 members (excludes halogenated alkanes) is 15. The van der Waals surface area contributed by atoms with Crippen LogP contribution < -0.4 is 0 Å². The summed E-state index contributed by atoms with van der Waals surface area (Å²) in [7, 11) is 4.34. The lowest BCUT2D eigenvalue weighted by atomic mass is 10.0. The van der Waals surface area contributed by atoms with Crippen LogP contribution in [0.2, 0.25) is 0 Å². The van der Waals surface area contributed by atoms with Gasteiger partial charge in [-0.05, 0) is 27.1 Å². The molecule has 0 heterocycles. The quantitative estimate of drug-likeness (QED) is 0.173. The molecule has 0 spiro atoms. The molecular weight excluding hydrogens is 381 g/mol. The van der Waals surface area contributed by atoms with Crippen molar-refractivity contribution in [2.24, 2.45) is 0 Å². The standard InChI is InChI=1S/C20H43N.HI/c1-4-5-6-7-8-9-10-11-12-13-14-15-16-17-18-19-20-21(2)3;/h4-20H2,1-3H3;1H. The van der Waals surface area contributed by atoms with E-state index in [4.69, 9.17) is 0 Å². The van der Waals surface area contributed by atoms with Gasteiger partial charge in [-0.3, -0.25) is 0 Å². The van der Waals surface area contributed by atoms with Crippen LogP contribution in [-0.4, -0.2) is 25.5 Å². The molecular formula is C20H44IN. The van der Waals surface area contributed by atoms with Gasteiger partial charge < -0.3 is 4.90 Å². The van der Waals surface area contributed by atoms with E-state index in [1.54, 1.807) is 0 Å². The molecule has 0 rings (SSSR count). The van der Waals surface area contributed by atoms with E-state index in [-0.39, 0.29) is 24.0 Å². The molecule has 1 nitrogen and oxygen atoms in total. The zero-order valence-electron chi connectivity index (χ0n) is 15.9. The van der Waals surface area contributed by atoms with Crippen molar-refractivity contribution in [1.29, 1.82) is 0 Å². The highest BCUT2D eigenvalue weighted by Crippen LogP contribution is 2.13. The maximum Gasteiger partial charge on any atom is -0.00248 e. The Morgan fingerprint density at radius 3 is 1.00 bits per heavy atom. The molecule has 0 saturated carbocycles. The topological polar surface area (TPSA) is 3.24 Å². The minimum atomic E-state index is 0. The molecule has 0 amide bonds. The monoisotopic (exact) mass is 425 g/mol. The van der Waals surface area contributed by atoms with Crippen LogP contribution in [0.5, 0.6) is 0 Å². The summed E-state index contributed by atoms with van der Waals surface area (Å²) in [5.41, 5.74) is 0. The smallest absolute Gasteiger partial charge is 0.00248 e. The van der Waals surface area contributed by atoms with Crippen molar-refractivity contribution in [2.75, 3.05) is 20.6 Å². The molecule has 0 bridgehead atoms. The third kappa shape index (κ3) is 23.0. The number of hydrogen-bond acceptors (Lipinski definition) is 1. The second kappa shape index (κ2) is 21.7. The molecule has 0 unspecified atom stereocenters. The summed E-state index contributed by atoms with van der Waals surface area (Å²) in [6, 6.07) is 0. The Balaban J connectivity index is 0. The fourth-order valence-electron chi connectivity index (χ4n) is 2.98. The zero-order chi connectivity index (χ0) is 15.6. The van der Waals surface area contributed by atoms with Gasteiger partial charge in [0.25, 0.3) is 0 Å². The molecule has 0 aliphatic heterocycles. The highest BCUT2D eigenvalue weighted by Gasteiger charge is 1.95. The molecule has 0 saturated heterocycles. The fourth-order valence-corrected chi connectivity index (χ4v) is 2.98. The predicted octanol–water partition coefficient (Wildman–Crippen LogP) is 7.43. The highest BCUT2D eigenvalue weighted by molar-refractivity contribution is 14.0. The SMILES string of the molecule is CCCCCCCCCCCCCCCCCCN(C)C.I. The Hall–Kier alpha value is 0.690. The van der Waals surface area contributed by atoms with Crippen molar-refractivity contribution in [3.63, 3.8) is 0 Å². The molecule has 0 aromatic heterocycles. The average Bonchev–Trinajstić information content (AvgIpc) is 2.46. The lowest BCUT2D eigenvalue weighted by Gasteiger charge is -2.08. The molecule has 22 heavy (non-hydrogen) atoms. The molecule has 136 valence electrons. The van der Waals surface area contributed by atoms with Gasteiger partial charge in [-0.25, -0.2) is 0 Å². The summed E-state index contributed by atoms with van der Waals surface area (Å²) in [6.45, 7) is 3.56. The summed E-state index contributed by atoms with van der Waals surface area (Å²) >= 11 is 0. The van der Waals surface area contributed by atoms with Crippen molar-refractivity contribution < 1.29 is 0 Å². The van der Waals surface area contributed by atoms with Gasteiger partial charge in [-0.2, -0.15) is 0 Å². The minimum Gasteiger partial charge on any atom is -0.309 e. The van der Waals surface area contributed by atoms with E-state index in [9.17, 15) is 0 Å². The van der Waals surface area contributed by atoms with E-state index in [0.29, 0.717) is 0 Å². The minimum absolute atomic E-state index is 0. The van der Waals surface area contributed by atoms with Crippen LogP contribution >= 0.6 is 24.0 Å². The number of nitrogens with zero attached hydrogens (tertiary/aromatic N) is 1. The van der Waals surface area contributed by atoms with E-state index in [0.717, 1.165) is 0 Å². The van der Waals surface area contributed by atoms with Gasteiger partial charge in [0.2, 0.25) is 0 Å². The lowest BCUT2D eigenvalue weighted by molar-refractivity contribution is 0.389. The van der Waals surface area contributed by atoms with Gasteiger partial charge in [-0.1, -0.05) is 103 Å². The summed E-state index contributed by atoms with van der Waals surface area (Å²) in [5, 5.41) is 0. The van der Waals surface area contributed by atoms with Crippen LogP contribution in [0.1, 0.15) is 110 Å². The van der Waals surface area contributed by atoms with E-state index in [1.807, 2.05) is 0 Å². The molecule has 0 atom stereocenters. The molecule has 0 aliphatic rings. The first-order chi connectivity index (χ1) is 10.3. The normalized spacial score (nSPS) is 10.9. The average molecular weight is 425 g/mol. The largest absolute Gasteiger partial charge is 0.309 e. The van der Waals surface area contributed by atoms with Gasteiger partial charge in [0, 0.05) is 0 Å². The molecule has 0 fully saturated rings. The second-order valence-corrected chi connectivity index (χ2v) is 7.11. The van der Waals surface area contributed by atoms with E-state index >= 15 is 0 Å². The zero-order valence-corrected chi connectivity index (χ0v) is 18.2. The first-order valence-electron chi connectivity index (χ1n) is 9.92. The van der Waals surface area contributed by atoms with Gasteiger partial charge in [-0.15, -0.1) is 24.0 Å². The van der Waals surface area contributed by atoms with Crippen molar-refractivity contribution in [1.82, 2.24) is 4.90 Å². The Labute approximate surface area is 159 Å². The van der Waals surface area contributed by atoms with Crippen LogP contribution in [-0.2, 0) is 0 Å². The second-order valence-electron chi connectivity index (χ2n) is 7.11. The molecule has 0 aliphatic carbocycles. The van der Waals surface area contributed by atoms with Gasteiger partial charge in [0.15, 0.2) is 0 Å². The van der Waals surface area contributed by atoms with Crippen LogP contribution in [0.4, 0.5) is 0 Å². The van der Waals surface area contributed by atoms with Crippen LogP contribution in [0.15, 0.2) is 0 Å². The first-order valence-corrected chi connectivity index (χ1v) is 9.92. The van der Waals surface area contributed by atoms with Crippen LogP contribution in [0.3, 0.4) is 0 Å². The van der Waals surface area contributed by atoms with Crippen molar-refractivity contribution >= 4 is 24.0 Å². The summed E-state index contributed by atoms with van der Waals surface area (Å²) in [5.74, 6) is 0. The Morgan fingerprint density at radius 2 is 0.727 bits per heavy atom. The van der Waals surface area contributed by atoms with Gasteiger partial charge in [0.1, 0.15) is 0 Å². The van der Waals surface area contributed by atoms with E-state index in [2.05, 4.69) is 25.9 Å². The number of rotatable bonds is 17. The third-order valence-corrected chi connectivity index (χ3v) is 4.46. The summed E-state index contributed by atoms with van der Waals surface area (Å²) in [4.78, 5) is 2.30. The van der Waals surface area contributed by atoms with E-state index in [1.165, 1.54) is 109 Å². The van der Waals surface area contributed by atoms with Gasteiger partial charge >= 0.3 is 0 Å². The summed E-state index contributed by atoms with van der Waals surface area (Å²) in [6.07, 6.45) is 23.3. The molecule has 0 N–H and O–H groups in total. The maximum absolute atomic E-state index is 2.30. The first kappa shape index (κ1) is 24.9. The Bertz CT molecular complexity index is 183. The molecule has 0 radical (unpaired) electrons. The Kier molecular flexibility index (Phi) is 24.6. The fraction of sp³-hybridized carbons (Fsp3) is 1.00. The number of hydrogen-bond donors (Lipinski definition) is 0. The highest BCUT2D eigenvalue weighted by atomic mass is 127. The summed E-state index contributed by atoms with van der Waals surface area (Å²) < 4.78 is 0. The molecule has 2 heteroatoms. The molecule has 0 aromatic carbocycles. The van der Waals surface area contributed by atoms with E-state index < -0.39 is 0 Å². The van der Waals surface area contributed by atoms with Crippen LogP contribution in [0.25, 0.3) is 0 Å². The number of halogens is 1. The van der Waals surface area contributed by atoms with Gasteiger partial charge in [0.05, 0.1) is 0 Å². The molecule has 0 aromatic rings. The van der Waals surface area contributed by atoms with Crippen LogP contribution in [0, 0.1) is 0 Å².